The fourth-order valence-corrected chi connectivity index (χ4v) is 3.68. The van der Waals surface area contributed by atoms with Crippen LogP contribution >= 0.6 is 0 Å². The maximum Gasteiger partial charge on any atom is 0.306 e. The maximum atomic E-state index is 11.3. The summed E-state index contributed by atoms with van der Waals surface area (Å²) >= 11 is 0. The van der Waals surface area contributed by atoms with E-state index in [4.69, 9.17) is 4.74 Å². The minimum absolute atomic E-state index is 0.137. The first kappa shape index (κ1) is 15.8. The first-order chi connectivity index (χ1) is 9.70. The smallest absolute Gasteiger partial charge is 0.306 e. The Morgan fingerprint density at radius 2 is 2.10 bits per heavy atom. The summed E-state index contributed by atoms with van der Waals surface area (Å²) in [6, 6.07) is 0.511. The molecule has 0 aromatic heterocycles. The van der Waals surface area contributed by atoms with Gasteiger partial charge in [0.2, 0.25) is 0 Å². The van der Waals surface area contributed by atoms with Crippen LogP contribution in [0.1, 0.15) is 58.3 Å². The van der Waals surface area contributed by atoms with Crippen molar-refractivity contribution < 1.29 is 14.6 Å². The molecule has 0 amide bonds. The Morgan fingerprint density at radius 3 is 2.85 bits per heavy atom. The fraction of sp³-hybridized carbons (Fsp3) is 0.938. The van der Waals surface area contributed by atoms with Crippen LogP contribution < -0.4 is 5.32 Å². The van der Waals surface area contributed by atoms with Crippen LogP contribution in [0.4, 0.5) is 0 Å². The molecule has 2 N–H and O–H groups in total. The van der Waals surface area contributed by atoms with Gasteiger partial charge in [-0.15, -0.1) is 0 Å². The van der Waals surface area contributed by atoms with E-state index < -0.39 is 5.97 Å². The number of nitrogens with one attached hydrogen (secondary N) is 1. The van der Waals surface area contributed by atoms with Gasteiger partial charge in [-0.25, -0.2) is 0 Å². The molecule has 1 aliphatic heterocycles. The number of hydrogen-bond donors (Lipinski definition) is 2. The van der Waals surface area contributed by atoms with Gasteiger partial charge < -0.3 is 15.2 Å². The highest BCUT2D eigenvalue weighted by Crippen LogP contribution is 2.30. The van der Waals surface area contributed by atoms with Crippen LogP contribution in [0, 0.1) is 11.8 Å². The first-order valence-corrected chi connectivity index (χ1v) is 8.28. The molecule has 0 bridgehead atoms. The van der Waals surface area contributed by atoms with Crippen molar-refractivity contribution in [1.29, 1.82) is 0 Å². The van der Waals surface area contributed by atoms with Crippen molar-refractivity contribution in [3.63, 3.8) is 0 Å². The van der Waals surface area contributed by atoms with E-state index in [0.717, 1.165) is 51.7 Å². The molecule has 1 saturated carbocycles. The standard InChI is InChI=1S/C16H29NO3/c1-2-5-14-10-13(8-9-20-14)17-11-12-6-3-4-7-15(12)16(18)19/h12-15,17H,2-11H2,1H3,(H,18,19). The van der Waals surface area contributed by atoms with Crippen LogP contribution in [-0.4, -0.2) is 36.4 Å². The van der Waals surface area contributed by atoms with Gasteiger partial charge >= 0.3 is 5.97 Å². The van der Waals surface area contributed by atoms with Crippen molar-refractivity contribution in [2.45, 2.75) is 70.4 Å². The zero-order valence-corrected chi connectivity index (χ0v) is 12.6. The minimum Gasteiger partial charge on any atom is -0.481 e. The molecule has 0 aromatic rings. The summed E-state index contributed by atoms with van der Waals surface area (Å²) in [7, 11) is 0. The molecule has 0 radical (unpaired) electrons. The highest BCUT2D eigenvalue weighted by molar-refractivity contribution is 5.70. The molecule has 4 heteroatoms. The van der Waals surface area contributed by atoms with E-state index in [1.807, 2.05) is 0 Å². The van der Waals surface area contributed by atoms with Gasteiger partial charge in [-0.3, -0.25) is 4.79 Å². The Labute approximate surface area is 122 Å². The largest absolute Gasteiger partial charge is 0.481 e. The number of aliphatic carboxylic acids is 1. The number of rotatable bonds is 6. The van der Waals surface area contributed by atoms with Crippen molar-refractivity contribution in [3.8, 4) is 0 Å². The molecule has 0 spiro atoms. The average molecular weight is 283 g/mol. The van der Waals surface area contributed by atoms with E-state index in [1.165, 1.54) is 12.8 Å². The van der Waals surface area contributed by atoms with Crippen LogP contribution in [0.15, 0.2) is 0 Å². The summed E-state index contributed by atoms with van der Waals surface area (Å²) in [5.41, 5.74) is 0. The Kier molecular flexibility index (Phi) is 6.30. The van der Waals surface area contributed by atoms with Crippen LogP contribution in [0.5, 0.6) is 0 Å². The third kappa shape index (κ3) is 4.45. The second-order valence-electron chi connectivity index (χ2n) is 6.40. The Bertz CT molecular complexity index is 306. The zero-order valence-electron chi connectivity index (χ0n) is 12.6. The molecule has 2 rings (SSSR count). The second-order valence-corrected chi connectivity index (χ2v) is 6.40. The van der Waals surface area contributed by atoms with E-state index >= 15 is 0 Å². The lowest BCUT2D eigenvalue weighted by molar-refractivity contribution is -0.144. The van der Waals surface area contributed by atoms with E-state index in [-0.39, 0.29) is 5.92 Å². The van der Waals surface area contributed by atoms with E-state index in [2.05, 4.69) is 12.2 Å². The molecule has 4 unspecified atom stereocenters. The second kappa shape index (κ2) is 7.99. The third-order valence-electron chi connectivity index (χ3n) is 4.87. The van der Waals surface area contributed by atoms with Crippen LogP contribution in [0.2, 0.25) is 0 Å². The van der Waals surface area contributed by atoms with Gasteiger partial charge in [0, 0.05) is 12.6 Å². The van der Waals surface area contributed by atoms with E-state index in [9.17, 15) is 9.90 Å². The highest BCUT2D eigenvalue weighted by Gasteiger charge is 2.31. The summed E-state index contributed by atoms with van der Waals surface area (Å²) in [6.45, 7) is 3.90. The van der Waals surface area contributed by atoms with Gasteiger partial charge in [0.15, 0.2) is 0 Å². The Morgan fingerprint density at radius 1 is 1.30 bits per heavy atom. The van der Waals surface area contributed by atoms with Crippen molar-refractivity contribution in [3.05, 3.63) is 0 Å². The molecule has 1 saturated heterocycles. The highest BCUT2D eigenvalue weighted by atomic mass is 16.5. The topological polar surface area (TPSA) is 58.6 Å². The van der Waals surface area contributed by atoms with Gasteiger partial charge in [-0.05, 0) is 44.6 Å². The van der Waals surface area contributed by atoms with E-state index in [0.29, 0.717) is 18.1 Å². The molecular weight excluding hydrogens is 254 g/mol. The number of ether oxygens (including phenoxy) is 1. The summed E-state index contributed by atoms with van der Waals surface area (Å²) < 4.78 is 5.77. The molecule has 116 valence electrons. The summed E-state index contributed by atoms with van der Waals surface area (Å²) in [6.07, 6.45) is 9.02. The molecule has 20 heavy (non-hydrogen) atoms. The van der Waals surface area contributed by atoms with Crippen molar-refractivity contribution >= 4 is 5.97 Å². The SMILES string of the molecule is CCCC1CC(NCC2CCCCC2C(=O)O)CCO1. The molecule has 4 atom stereocenters. The first-order valence-electron chi connectivity index (χ1n) is 8.28. The average Bonchev–Trinajstić information content (AvgIpc) is 2.46. The lowest BCUT2D eigenvalue weighted by Gasteiger charge is -2.34. The zero-order chi connectivity index (χ0) is 14.4. The van der Waals surface area contributed by atoms with Crippen LogP contribution in [0.3, 0.4) is 0 Å². The summed E-state index contributed by atoms with van der Waals surface area (Å²) in [5.74, 6) is -0.427. The lowest BCUT2D eigenvalue weighted by Crippen LogP contribution is -2.43. The van der Waals surface area contributed by atoms with E-state index in [1.54, 1.807) is 0 Å². The van der Waals surface area contributed by atoms with Crippen molar-refractivity contribution in [1.82, 2.24) is 5.32 Å². The van der Waals surface area contributed by atoms with Crippen molar-refractivity contribution in [2.24, 2.45) is 11.8 Å². The molecule has 1 heterocycles. The van der Waals surface area contributed by atoms with Gasteiger partial charge in [0.1, 0.15) is 0 Å². The number of hydrogen-bond acceptors (Lipinski definition) is 3. The number of carboxylic acid groups (broad SMARTS) is 1. The van der Waals surface area contributed by atoms with Gasteiger partial charge in [0.25, 0.3) is 0 Å². The number of carboxylic acids is 1. The lowest BCUT2D eigenvalue weighted by atomic mass is 9.79. The predicted octanol–water partition coefficient (Wildman–Crippen LogP) is 2.81. The quantitative estimate of drug-likeness (QED) is 0.787. The van der Waals surface area contributed by atoms with Gasteiger partial charge in [-0.2, -0.15) is 0 Å². The normalized spacial score (nSPS) is 34.9. The molecule has 1 aliphatic carbocycles. The molecule has 0 aromatic carbocycles. The van der Waals surface area contributed by atoms with Crippen LogP contribution in [-0.2, 0) is 9.53 Å². The Balaban J connectivity index is 1.77. The maximum absolute atomic E-state index is 11.3. The molecule has 2 fully saturated rings. The number of carbonyl (C=O) groups is 1. The molecular formula is C16H29NO3. The van der Waals surface area contributed by atoms with Crippen molar-refractivity contribution in [2.75, 3.05) is 13.2 Å². The molecule has 4 nitrogen and oxygen atoms in total. The summed E-state index contributed by atoms with van der Waals surface area (Å²) in [5, 5.41) is 12.9. The molecule has 2 aliphatic rings. The Hall–Kier alpha value is -0.610. The fourth-order valence-electron chi connectivity index (χ4n) is 3.68. The predicted molar refractivity (Wildman–Crippen MR) is 78.8 cm³/mol. The van der Waals surface area contributed by atoms with Gasteiger partial charge in [0.05, 0.1) is 12.0 Å². The summed E-state index contributed by atoms with van der Waals surface area (Å²) in [4.78, 5) is 11.3. The van der Waals surface area contributed by atoms with Gasteiger partial charge in [-0.1, -0.05) is 26.2 Å². The monoisotopic (exact) mass is 283 g/mol. The van der Waals surface area contributed by atoms with Crippen LogP contribution in [0.25, 0.3) is 0 Å². The minimum atomic E-state index is -0.604. The third-order valence-corrected chi connectivity index (χ3v) is 4.87.